The van der Waals surface area contributed by atoms with Crippen LogP contribution in [0.5, 0.6) is 5.88 Å². The van der Waals surface area contributed by atoms with Gasteiger partial charge in [0.25, 0.3) is 11.5 Å². The molecule has 0 bridgehead atoms. The predicted molar refractivity (Wildman–Crippen MR) is 104 cm³/mol. The molecular formula is C21H16ClFN3O2+. The maximum atomic E-state index is 13.3. The Morgan fingerprint density at radius 3 is 2.57 bits per heavy atom. The normalized spacial score (nSPS) is 12.2. The lowest BCUT2D eigenvalue weighted by Gasteiger charge is -2.16. The Balaban J connectivity index is 2.03. The van der Waals surface area contributed by atoms with Crippen molar-refractivity contribution in [1.82, 2.24) is 9.55 Å². The van der Waals surface area contributed by atoms with Crippen LogP contribution in [-0.4, -0.2) is 14.7 Å². The van der Waals surface area contributed by atoms with E-state index >= 15 is 0 Å². The number of fused-ring (bicyclic) bond motifs is 1. The molecule has 1 aromatic carbocycles. The average molecular weight is 397 g/mol. The summed E-state index contributed by atoms with van der Waals surface area (Å²) in [6.07, 6.45) is 3.26. The number of rotatable bonds is 3. The van der Waals surface area contributed by atoms with Crippen LogP contribution in [0.25, 0.3) is 16.8 Å². The molecule has 4 rings (SSSR count). The van der Waals surface area contributed by atoms with Gasteiger partial charge in [-0.2, -0.15) is 8.97 Å². The van der Waals surface area contributed by atoms with Gasteiger partial charge >= 0.3 is 5.56 Å². The number of halogens is 2. The number of hydrogen-bond donors (Lipinski definition) is 1. The molecule has 0 spiro atoms. The van der Waals surface area contributed by atoms with Gasteiger partial charge in [-0.15, -0.1) is 0 Å². The Morgan fingerprint density at radius 2 is 1.89 bits per heavy atom. The van der Waals surface area contributed by atoms with E-state index in [1.165, 1.54) is 28.7 Å². The van der Waals surface area contributed by atoms with E-state index in [1.807, 2.05) is 13.0 Å². The maximum Gasteiger partial charge on any atom is 0.354 e. The number of aromatic nitrogens is 3. The van der Waals surface area contributed by atoms with Crippen molar-refractivity contribution in [2.45, 2.75) is 13.0 Å². The van der Waals surface area contributed by atoms with Gasteiger partial charge in [0.05, 0.1) is 6.20 Å². The lowest BCUT2D eigenvalue weighted by Crippen LogP contribution is -2.44. The van der Waals surface area contributed by atoms with E-state index in [1.54, 1.807) is 41.2 Å². The highest BCUT2D eigenvalue weighted by atomic mass is 35.5. The third kappa shape index (κ3) is 3.01. The second kappa shape index (κ2) is 7.05. The number of pyridine rings is 2. The van der Waals surface area contributed by atoms with Crippen molar-refractivity contribution in [1.29, 1.82) is 0 Å². The molecule has 5 nitrogen and oxygen atoms in total. The number of nitrogens with zero attached hydrogens (tertiary/aromatic N) is 3. The summed E-state index contributed by atoms with van der Waals surface area (Å²) in [7, 11) is 0. The van der Waals surface area contributed by atoms with Crippen LogP contribution < -0.4 is 9.96 Å². The minimum absolute atomic E-state index is 0.0949. The fourth-order valence-electron chi connectivity index (χ4n) is 3.28. The van der Waals surface area contributed by atoms with E-state index in [-0.39, 0.29) is 17.5 Å². The molecule has 3 heterocycles. The highest BCUT2D eigenvalue weighted by Gasteiger charge is 2.28. The van der Waals surface area contributed by atoms with Crippen LogP contribution in [-0.2, 0) is 0 Å². The molecular weight excluding hydrogens is 381 g/mol. The van der Waals surface area contributed by atoms with E-state index in [9.17, 15) is 14.3 Å². The van der Waals surface area contributed by atoms with E-state index < -0.39 is 11.4 Å². The molecule has 0 radical (unpaired) electrons. The third-order valence-corrected chi connectivity index (χ3v) is 4.95. The van der Waals surface area contributed by atoms with E-state index in [4.69, 9.17) is 11.6 Å². The molecule has 1 N–H and O–H groups in total. The first-order valence-corrected chi connectivity index (χ1v) is 9.00. The fraction of sp³-hybridized carbons (Fsp3) is 0.0952. The largest absolute Gasteiger partial charge is 0.477 e. The van der Waals surface area contributed by atoms with Crippen LogP contribution in [0.4, 0.5) is 4.39 Å². The smallest absolute Gasteiger partial charge is 0.354 e. The maximum absolute atomic E-state index is 13.3. The van der Waals surface area contributed by atoms with Gasteiger partial charge in [0.2, 0.25) is 0 Å². The van der Waals surface area contributed by atoms with Gasteiger partial charge in [-0.25, -0.2) is 14.2 Å². The van der Waals surface area contributed by atoms with E-state index in [0.717, 1.165) is 5.56 Å². The van der Waals surface area contributed by atoms with Crippen molar-refractivity contribution in [3.8, 4) is 17.0 Å². The monoisotopic (exact) mass is 396 g/mol. The summed E-state index contributed by atoms with van der Waals surface area (Å²) in [5.41, 5.74) is 1.45. The van der Waals surface area contributed by atoms with Gasteiger partial charge in [0.15, 0.2) is 5.56 Å². The Bertz CT molecular complexity index is 1220. The van der Waals surface area contributed by atoms with Crippen molar-refractivity contribution >= 4 is 17.2 Å². The molecule has 0 saturated heterocycles. The number of aromatic hydroxyl groups is 1. The molecule has 140 valence electrons. The van der Waals surface area contributed by atoms with E-state index in [2.05, 4.69) is 4.98 Å². The van der Waals surface area contributed by atoms with Gasteiger partial charge in [-0.05, 0) is 36.8 Å². The van der Waals surface area contributed by atoms with Crippen molar-refractivity contribution in [3.05, 3.63) is 93.9 Å². The molecule has 7 heteroatoms. The zero-order chi connectivity index (χ0) is 19.8. The molecule has 0 amide bonds. The zero-order valence-electron chi connectivity index (χ0n) is 14.9. The molecule has 0 aliphatic heterocycles. The van der Waals surface area contributed by atoms with Crippen LogP contribution in [0, 0.1) is 5.82 Å². The van der Waals surface area contributed by atoms with Crippen molar-refractivity contribution < 1.29 is 13.9 Å². The number of hydrogen-bond acceptors (Lipinski definition) is 3. The highest BCUT2D eigenvalue weighted by Crippen LogP contribution is 2.31. The zero-order valence-corrected chi connectivity index (χ0v) is 15.6. The Kier molecular flexibility index (Phi) is 4.57. The van der Waals surface area contributed by atoms with Gasteiger partial charge in [-0.3, -0.25) is 0 Å². The molecule has 0 aliphatic carbocycles. The van der Waals surface area contributed by atoms with Gasteiger partial charge in [0.1, 0.15) is 17.0 Å². The quantitative estimate of drug-likeness (QED) is 0.424. The van der Waals surface area contributed by atoms with Crippen LogP contribution in [0.2, 0.25) is 5.15 Å². The molecule has 1 atom stereocenters. The standard InChI is InChI=1S/C21H15ClFN3O2/c1-13(15-7-10-17(22)24-12-15)26-18-4-2-3-11-25(18)20(27)19(21(26)28)14-5-8-16(23)9-6-14/h2-13H,1H3/p+1. The summed E-state index contributed by atoms with van der Waals surface area (Å²) in [5, 5.41) is 11.5. The topological polar surface area (TPSA) is 59.2 Å². The first-order chi connectivity index (χ1) is 13.5. The molecule has 4 aromatic rings. The second-order valence-corrected chi connectivity index (χ2v) is 6.79. The van der Waals surface area contributed by atoms with E-state index in [0.29, 0.717) is 16.4 Å². The summed E-state index contributed by atoms with van der Waals surface area (Å²) in [5.74, 6) is -0.622. The first-order valence-electron chi connectivity index (χ1n) is 8.62. The lowest BCUT2D eigenvalue weighted by molar-refractivity contribution is -0.532. The van der Waals surface area contributed by atoms with Crippen molar-refractivity contribution in [2.24, 2.45) is 0 Å². The van der Waals surface area contributed by atoms with Crippen LogP contribution in [0.1, 0.15) is 18.5 Å². The van der Waals surface area contributed by atoms with Gasteiger partial charge in [-0.1, -0.05) is 35.9 Å². The summed E-state index contributed by atoms with van der Waals surface area (Å²) < 4.78 is 16.4. The van der Waals surface area contributed by atoms with Gasteiger partial charge < -0.3 is 5.11 Å². The third-order valence-electron chi connectivity index (χ3n) is 4.72. The number of benzene rings is 1. The summed E-state index contributed by atoms with van der Waals surface area (Å²) in [6.45, 7) is 1.89. The SMILES string of the molecule is CC(c1ccc(Cl)nc1)n1c(O)c(-c2ccc(F)cc2)c(=O)[n+]2ccccc12. The second-order valence-electron chi connectivity index (χ2n) is 6.40. The predicted octanol–water partition coefficient (Wildman–Crippen LogP) is 3.76. The molecule has 28 heavy (non-hydrogen) atoms. The molecule has 3 aromatic heterocycles. The summed E-state index contributed by atoms with van der Waals surface area (Å²) in [4.78, 5) is 17.2. The van der Waals surface area contributed by atoms with Crippen molar-refractivity contribution in [3.63, 3.8) is 0 Å². The Morgan fingerprint density at radius 1 is 1.14 bits per heavy atom. The minimum atomic E-state index is -0.419. The fourth-order valence-corrected chi connectivity index (χ4v) is 3.39. The first kappa shape index (κ1) is 18.1. The molecule has 0 fully saturated rings. The Hall–Kier alpha value is -3.25. The minimum Gasteiger partial charge on any atom is -0.477 e. The van der Waals surface area contributed by atoms with Crippen molar-refractivity contribution in [2.75, 3.05) is 0 Å². The van der Waals surface area contributed by atoms with Crippen LogP contribution >= 0.6 is 11.6 Å². The molecule has 0 saturated carbocycles. The van der Waals surface area contributed by atoms with Gasteiger partial charge in [0, 0.05) is 17.8 Å². The highest BCUT2D eigenvalue weighted by molar-refractivity contribution is 6.29. The lowest BCUT2D eigenvalue weighted by atomic mass is 10.1. The molecule has 0 aliphatic rings. The molecule has 1 unspecified atom stereocenters. The average Bonchev–Trinajstić information content (AvgIpc) is 2.70. The Labute approximate surface area is 164 Å². The van der Waals surface area contributed by atoms with Crippen LogP contribution in [0.15, 0.2) is 71.8 Å². The summed E-state index contributed by atoms with van der Waals surface area (Å²) in [6, 6.07) is 13.9. The van der Waals surface area contributed by atoms with Crippen LogP contribution in [0.3, 0.4) is 0 Å². The summed E-state index contributed by atoms with van der Waals surface area (Å²) >= 11 is 5.88.